The van der Waals surface area contributed by atoms with Crippen LogP contribution in [-0.4, -0.2) is 78.4 Å². The molecule has 0 bridgehead atoms. The minimum Gasteiger partial charge on any atom is -0.350 e. The van der Waals surface area contributed by atoms with E-state index in [-0.39, 0.29) is 29.5 Å². The third-order valence-electron chi connectivity index (χ3n) is 5.06. The van der Waals surface area contributed by atoms with Crippen LogP contribution in [0.25, 0.3) is 0 Å². The Morgan fingerprint density at radius 3 is 2.38 bits per heavy atom. The van der Waals surface area contributed by atoms with Gasteiger partial charge >= 0.3 is 0 Å². The van der Waals surface area contributed by atoms with E-state index in [0.29, 0.717) is 32.7 Å². The van der Waals surface area contributed by atoms with E-state index in [1.54, 1.807) is 23.8 Å². The van der Waals surface area contributed by atoms with Gasteiger partial charge in [-0.15, -0.1) is 0 Å². The second-order valence-corrected chi connectivity index (χ2v) is 8.71. The summed E-state index contributed by atoms with van der Waals surface area (Å²) in [6, 6.07) is 2.92. The predicted octanol–water partition coefficient (Wildman–Crippen LogP) is 2.02. The summed E-state index contributed by atoms with van der Waals surface area (Å²) in [5.41, 5.74) is -0.0351. The summed E-state index contributed by atoms with van der Waals surface area (Å²) in [6.45, 7) is 10.3. The highest BCUT2D eigenvalue weighted by atomic mass is 19.1. The van der Waals surface area contributed by atoms with E-state index in [0.717, 1.165) is 12.1 Å². The molecule has 6 nitrogen and oxygen atoms in total. The molecule has 1 heterocycles. The number of hydrogen-bond acceptors (Lipinski definition) is 4. The van der Waals surface area contributed by atoms with Crippen LogP contribution in [0.1, 0.15) is 39.3 Å². The van der Waals surface area contributed by atoms with Crippen molar-refractivity contribution < 1.29 is 18.4 Å². The molecule has 1 aromatic carbocycles. The first-order chi connectivity index (χ1) is 13.5. The first kappa shape index (κ1) is 23.2. The van der Waals surface area contributed by atoms with Crippen molar-refractivity contribution in [3.05, 3.63) is 35.4 Å². The Morgan fingerprint density at radius 1 is 1.17 bits per heavy atom. The SMILES string of the molecule is CC(c1cc(F)ccc1F)N(C)CC(=O)N1CCN(CC(=O)NC(C)(C)C)CC1. The van der Waals surface area contributed by atoms with Crippen molar-refractivity contribution in [1.29, 1.82) is 0 Å². The number of carbonyl (C=O) groups excluding carboxylic acids is 2. The first-order valence-electron chi connectivity index (χ1n) is 9.92. The quantitative estimate of drug-likeness (QED) is 0.780. The number of benzene rings is 1. The van der Waals surface area contributed by atoms with Crippen molar-refractivity contribution in [2.45, 2.75) is 39.3 Å². The summed E-state index contributed by atoms with van der Waals surface area (Å²) in [4.78, 5) is 30.2. The van der Waals surface area contributed by atoms with Gasteiger partial charge in [-0.3, -0.25) is 19.4 Å². The number of nitrogens with zero attached hydrogens (tertiary/aromatic N) is 3. The van der Waals surface area contributed by atoms with E-state index < -0.39 is 17.7 Å². The maximum atomic E-state index is 14.0. The second-order valence-electron chi connectivity index (χ2n) is 8.71. The van der Waals surface area contributed by atoms with Gasteiger partial charge < -0.3 is 10.2 Å². The number of nitrogens with one attached hydrogen (secondary N) is 1. The zero-order valence-corrected chi connectivity index (χ0v) is 18.0. The lowest BCUT2D eigenvalue weighted by Gasteiger charge is -2.36. The lowest BCUT2D eigenvalue weighted by atomic mass is 10.1. The second kappa shape index (κ2) is 9.63. The van der Waals surface area contributed by atoms with Gasteiger partial charge in [0.25, 0.3) is 0 Å². The number of halogens is 2. The van der Waals surface area contributed by atoms with E-state index in [1.807, 2.05) is 25.7 Å². The van der Waals surface area contributed by atoms with Crippen LogP contribution in [0.2, 0.25) is 0 Å². The fraction of sp³-hybridized carbons (Fsp3) is 0.619. The molecule has 1 N–H and O–H groups in total. The Morgan fingerprint density at radius 2 is 1.79 bits per heavy atom. The molecule has 1 fully saturated rings. The fourth-order valence-corrected chi connectivity index (χ4v) is 3.34. The average Bonchev–Trinajstić information content (AvgIpc) is 2.62. The van der Waals surface area contributed by atoms with Crippen LogP contribution in [0.5, 0.6) is 0 Å². The molecule has 162 valence electrons. The van der Waals surface area contributed by atoms with Crippen LogP contribution in [0.4, 0.5) is 8.78 Å². The molecule has 1 unspecified atom stereocenters. The summed E-state index contributed by atoms with van der Waals surface area (Å²) in [6.07, 6.45) is 0. The highest BCUT2D eigenvalue weighted by Crippen LogP contribution is 2.22. The van der Waals surface area contributed by atoms with Crippen molar-refractivity contribution in [3.63, 3.8) is 0 Å². The molecule has 0 spiro atoms. The molecule has 1 aliphatic heterocycles. The molecule has 1 aliphatic rings. The normalized spacial score (nSPS) is 16.8. The molecule has 1 atom stereocenters. The molecule has 0 radical (unpaired) electrons. The number of hydrogen-bond donors (Lipinski definition) is 1. The summed E-state index contributed by atoms with van der Waals surface area (Å²) in [7, 11) is 1.72. The van der Waals surface area contributed by atoms with Crippen LogP contribution in [-0.2, 0) is 9.59 Å². The van der Waals surface area contributed by atoms with Gasteiger partial charge in [0.15, 0.2) is 0 Å². The minimum atomic E-state index is -0.500. The van der Waals surface area contributed by atoms with Gasteiger partial charge in [0.05, 0.1) is 13.1 Å². The Labute approximate surface area is 171 Å². The minimum absolute atomic E-state index is 0.0250. The van der Waals surface area contributed by atoms with E-state index in [4.69, 9.17) is 0 Å². The lowest BCUT2D eigenvalue weighted by Crippen LogP contribution is -2.54. The van der Waals surface area contributed by atoms with Crippen LogP contribution < -0.4 is 5.32 Å². The standard InChI is InChI=1S/C21H32F2N4O2/c1-15(17-12-16(22)6-7-18(17)23)25(5)14-20(29)27-10-8-26(9-11-27)13-19(28)24-21(2,3)4/h6-7,12,15H,8-11,13-14H2,1-5H3,(H,24,28). The van der Waals surface area contributed by atoms with E-state index in [2.05, 4.69) is 5.32 Å². The maximum absolute atomic E-state index is 14.0. The molecule has 0 saturated carbocycles. The van der Waals surface area contributed by atoms with Crippen LogP contribution in [0.3, 0.4) is 0 Å². The van der Waals surface area contributed by atoms with Crippen molar-refractivity contribution in [2.75, 3.05) is 46.3 Å². The molecule has 0 aliphatic carbocycles. The number of amides is 2. The average molecular weight is 411 g/mol. The van der Waals surface area contributed by atoms with Crippen LogP contribution in [0.15, 0.2) is 18.2 Å². The van der Waals surface area contributed by atoms with Crippen molar-refractivity contribution in [2.24, 2.45) is 0 Å². The Bertz CT molecular complexity index is 728. The molecule has 1 aromatic rings. The summed E-state index contributed by atoms with van der Waals surface area (Å²) in [5.74, 6) is -1.07. The van der Waals surface area contributed by atoms with Gasteiger partial charge in [0.1, 0.15) is 11.6 Å². The monoisotopic (exact) mass is 410 g/mol. The number of rotatable bonds is 6. The van der Waals surface area contributed by atoms with Gasteiger partial charge in [-0.05, 0) is 52.9 Å². The molecule has 2 amide bonds. The molecular formula is C21H32F2N4O2. The zero-order chi connectivity index (χ0) is 21.8. The van der Waals surface area contributed by atoms with Crippen molar-refractivity contribution >= 4 is 11.8 Å². The molecule has 8 heteroatoms. The Balaban J connectivity index is 1.83. The van der Waals surface area contributed by atoms with Crippen LogP contribution >= 0.6 is 0 Å². The first-order valence-corrected chi connectivity index (χ1v) is 9.92. The fourth-order valence-electron chi connectivity index (χ4n) is 3.34. The smallest absolute Gasteiger partial charge is 0.236 e. The third kappa shape index (κ3) is 7.04. The van der Waals surface area contributed by atoms with Gasteiger partial charge in [0.2, 0.25) is 11.8 Å². The summed E-state index contributed by atoms with van der Waals surface area (Å²) >= 11 is 0. The van der Waals surface area contributed by atoms with E-state index in [1.165, 1.54) is 6.07 Å². The lowest BCUT2D eigenvalue weighted by molar-refractivity contribution is -0.134. The number of piperazine rings is 1. The van der Waals surface area contributed by atoms with E-state index >= 15 is 0 Å². The molecule has 2 rings (SSSR count). The zero-order valence-electron chi connectivity index (χ0n) is 18.0. The topological polar surface area (TPSA) is 55.9 Å². The molecule has 1 saturated heterocycles. The Hall–Kier alpha value is -2.06. The Kier molecular flexibility index (Phi) is 7.71. The van der Waals surface area contributed by atoms with Crippen LogP contribution in [0, 0.1) is 11.6 Å². The van der Waals surface area contributed by atoms with Gasteiger partial charge in [0, 0.05) is 43.3 Å². The van der Waals surface area contributed by atoms with Crippen molar-refractivity contribution in [3.8, 4) is 0 Å². The van der Waals surface area contributed by atoms with Gasteiger partial charge in [-0.25, -0.2) is 8.78 Å². The van der Waals surface area contributed by atoms with Gasteiger partial charge in [-0.2, -0.15) is 0 Å². The van der Waals surface area contributed by atoms with Gasteiger partial charge in [-0.1, -0.05) is 0 Å². The highest BCUT2D eigenvalue weighted by molar-refractivity contribution is 5.79. The van der Waals surface area contributed by atoms with E-state index in [9.17, 15) is 18.4 Å². The molecular weight excluding hydrogens is 378 g/mol. The predicted molar refractivity (Wildman–Crippen MR) is 108 cm³/mol. The highest BCUT2D eigenvalue weighted by Gasteiger charge is 2.26. The number of likely N-dealkylation sites (N-methyl/N-ethyl adjacent to an activating group) is 1. The largest absolute Gasteiger partial charge is 0.350 e. The molecule has 0 aromatic heterocycles. The van der Waals surface area contributed by atoms with Crippen molar-refractivity contribution in [1.82, 2.24) is 20.0 Å². The summed E-state index contributed by atoms with van der Waals surface area (Å²) < 4.78 is 27.4. The molecule has 29 heavy (non-hydrogen) atoms. The third-order valence-corrected chi connectivity index (χ3v) is 5.06. The summed E-state index contributed by atoms with van der Waals surface area (Å²) in [5, 5.41) is 2.94. The maximum Gasteiger partial charge on any atom is 0.236 e. The number of carbonyl (C=O) groups is 2.